The van der Waals surface area contributed by atoms with Crippen molar-refractivity contribution in [2.45, 2.75) is 35.5 Å². The van der Waals surface area contributed by atoms with Crippen LogP contribution in [-0.4, -0.2) is 41.0 Å². The van der Waals surface area contributed by atoms with Crippen molar-refractivity contribution in [3.8, 4) is 17.2 Å². The number of rotatable bonds is 8. The molecule has 0 spiro atoms. The van der Waals surface area contributed by atoms with E-state index in [0.717, 1.165) is 47.2 Å². The number of likely N-dealkylation sites (tertiary alicyclic amines) is 1. The summed E-state index contributed by atoms with van der Waals surface area (Å²) in [6, 6.07) is 13.9. The van der Waals surface area contributed by atoms with Crippen molar-refractivity contribution in [3.05, 3.63) is 76.1 Å². The van der Waals surface area contributed by atoms with E-state index in [1.54, 1.807) is 26.3 Å². The summed E-state index contributed by atoms with van der Waals surface area (Å²) in [5, 5.41) is 6.06. The van der Waals surface area contributed by atoms with Crippen LogP contribution in [0.2, 0.25) is 0 Å². The number of hydrogen-bond donors (Lipinski definition) is 1. The molecule has 4 aromatic rings. The quantitative estimate of drug-likeness (QED) is 0.213. The number of ether oxygens (including phenoxy) is 2. The van der Waals surface area contributed by atoms with Crippen molar-refractivity contribution < 1.29 is 18.7 Å². The smallest absolute Gasteiger partial charge is 0.219 e. The molecule has 1 N–H and O–H groups in total. The van der Waals surface area contributed by atoms with E-state index in [-0.39, 0.29) is 11.7 Å². The van der Waals surface area contributed by atoms with Gasteiger partial charge in [0.15, 0.2) is 16.7 Å². The normalized spacial score (nSPS) is 13.8. The number of pyridine rings is 1. The molecule has 0 aliphatic carbocycles. The molecule has 11 heteroatoms. The molecule has 2 aromatic carbocycles. The van der Waals surface area contributed by atoms with Gasteiger partial charge in [0.25, 0.3) is 0 Å². The Morgan fingerprint density at radius 3 is 2.72 bits per heavy atom. The average Bonchev–Trinajstić information content (AvgIpc) is 3.40. The number of nitrogens with zero attached hydrogens (tertiary/aromatic N) is 3. The number of halogens is 2. The second kappa shape index (κ2) is 12.4. The van der Waals surface area contributed by atoms with E-state index in [4.69, 9.17) is 14.5 Å². The molecule has 0 bridgehead atoms. The van der Waals surface area contributed by atoms with Gasteiger partial charge in [-0.25, -0.2) is 14.4 Å². The lowest BCUT2D eigenvalue weighted by Crippen LogP contribution is -2.36. The molecule has 0 radical (unpaired) electrons. The lowest BCUT2D eigenvalue weighted by atomic mass is 9.94. The summed E-state index contributed by atoms with van der Waals surface area (Å²) < 4.78 is 25.7. The van der Waals surface area contributed by atoms with Crippen molar-refractivity contribution in [3.63, 3.8) is 0 Å². The zero-order valence-electron chi connectivity index (χ0n) is 21.3. The summed E-state index contributed by atoms with van der Waals surface area (Å²) in [7, 11) is 1.64. The third kappa shape index (κ3) is 6.90. The van der Waals surface area contributed by atoms with E-state index in [2.05, 4.69) is 31.6 Å². The molecular formula is C28H26BrFN4O3S2. The second-order valence-corrected chi connectivity index (χ2v) is 11.8. The predicted molar refractivity (Wildman–Crippen MR) is 155 cm³/mol. The predicted octanol–water partition coefficient (Wildman–Crippen LogP) is 7.86. The summed E-state index contributed by atoms with van der Waals surface area (Å²) in [6.07, 6.45) is 3.55. The van der Waals surface area contributed by atoms with Crippen molar-refractivity contribution in [2.24, 2.45) is 0 Å². The first-order valence-electron chi connectivity index (χ1n) is 12.3. The minimum Gasteiger partial charge on any atom is -0.497 e. The molecule has 0 atom stereocenters. The maximum absolute atomic E-state index is 13.7. The van der Waals surface area contributed by atoms with Crippen molar-refractivity contribution >= 4 is 55.9 Å². The van der Waals surface area contributed by atoms with Gasteiger partial charge >= 0.3 is 0 Å². The van der Waals surface area contributed by atoms with Crippen molar-refractivity contribution in [1.29, 1.82) is 0 Å². The Bertz CT molecular complexity index is 1480. The molecule has 5 rings (SSSR count). The number of benzene rings is 2. The first kappa shape index (κ1) is 27.4. The van der Waals surface area contributed by atoms with Crippen molar-refractivity contribution in [1.82, 2.24) is 14.9 Å². The molecule has 0 saturated carbocycles. The molecule has 1 saturated heterocycles. The molecule has 1 aliphatic heterocycles. The van der Waals surface area contributed by atoms with Gasteiger partial charge in [-0.1, -0.05) is 17.8 Å². The van der Waals surface area contributed by atoms with Gasteiger partial charge in [-0.05, 0) is 65.2 Å². The van der Waals surface area contributed by atoms with Crippen LogP contribution in [0.4, 0.5) is 15.3 Å². The fourth-order valence-corrected chi connectivity index (χ4v) is 6.34. The maximum atomic E-state index is 13.7. The van der Waals surface area contributed by atoms with Gasteiger partial charge < -0.3 is 19.7 Å². The first-order valence-corrected chi connectivity index (χ1v) is 14.8. The summed E-state index contributed by atoms with van der Waals surface area (Å²) in [5.41, 5.74) is 1.01. The van der Waals surface area contributed by atoms with E-state index in [9.17, 15) is 9.18 Å². The van der Waals surface area contributed by atoms with Crippen LogP contribution < -0.4 is 14.8 Å². The van der Waals surface area contributed by atoms with E-state index in [0.29, 0.717) is 32.8 Å². The number of methoxy groups -OCH3 is 1. The van der Waals surface area contributed by atoms with Crippen LogP contribution in [0.25, 0.3) is 0 Å². The highest BCUT2D eigenvalue weighted by Crippen LogP contribution is 2.39. The largest absolute Gasteiger partial charge is 0.497 e. The Kier molecular flexibility index (Phi) is 8.69. The fraction of sp³-hybridized carbons (Fsp3) is 0.250. The van der Waals surface area contributed by atoms with Gasteiger partial charge in [0.1, 0.15) is 17.3 Å². The fourth-order valence-electron chi connectivity index (χ4n) is 4.25. The standard InChI is InChI=1S/C28H26BrFN4O3S2/c1-17(35)34-10-8-18(9-11-34)24-16-38-28(32-24)33-27-26(37-25-7-6-19(30)12-23(25)29)14-22(15-31-27)39-21-5-3-4-20(13-21)36-2/h3-7,12-16,18H,8-11H2,1-2H3,(H,31,32,33). The maximum Gasteiger partial charge on any atom is 0.219 e. The SMILES string of the molecule is COc1cccc(Sc2cnc(Nc3nc(C4CCN(C(C)=O)CC4)cs3)c(Oc3ccc(F)cc3Br)c2)c1. The van der Waals surface area contributed by atoms with Crippen LogP contribution in [0.15, 0.2) is 74.4 Å². The Morgan fingerprint density at radius 1 is 1.15 bits per heavy atom. The molecule has 39 heavy (non-hydrogen) atoms. The summed E-state index contributed by atoms with van der Waals surface area (Å²) >= 11 is 6.41. The Morgan fingerprint density at radius 2 is 1.97 bits per heavy atom. The Labute approximate surface area is 242 Å². The van der Waals surface area contributed by atoms with Gasteiger partial charge in [0.2, 0.25) is 5.91 Å². The van der Waals surface area contributed by atoms with E-state index in [1.807, 2.05) is 35.2 Å². The Balaban J connectivity index is 1.38. The van der Waals surface area contributed by atoms with E-state index >= 15 is 0 Å². The summed E-state index contributed by atoms with van der Waals surface area (Å²) in [5.74, 6) is 2.26. The van der Waals surface area contributed by atoms with Gasteiger partial charge in [-0.2, -0.15) is 0 Å². The first-order chi connectivity index (χ1) is 18.9. The lowest BCUT2D eigenvalue weighted by Gasteiger charge is -2.30. The number of carbonyl (C=O) groups excluding carboxylic acids is 1. The highest BCUT2D eigenvalue weighted by molar-refractivity contribution is 9.10. The molecule has 7 nitrogen and oxygen atoms in total. The third-order valence-electron chi connectivity index (χ3n) is 6.32. The number of hydrogen-bond acceptors (Lipinski definition) is 8. The number of thiazole rings is 1. The van der Waals surface area contributed by atoms with E-state index in [1.165, 1.54) is 35.2 Å². The summed E-state index contributed by atoms with van der Waals surface area (Å²) in [4.78, 5) is 24.9. The number of piperidine rings is 1. The molecule has 0 unspecified atom stereocenters. The summed E-state index contributed by atoms with van der Waals surface area (Å²) in [6.45, 7) is 3.11. The molecule has 202 valence electrons. The van der Waals surface area contributed by atoms with Crippen LogP contribution in [-0.2, 0) is 4.79 Å². The van der Waals surface area contributed by atoms with Crippen LogP contribution in [0.3, 0.4) is 0 Å². The second-order valence-electron chi connectivity index (χ2n) is 8.96. The number of anilines is 2. The third-order valence-corrected chi connectivity index (χ3v) is 8.67. The minimum absolute atomic E-state index is 0.119. The van der Waals surface area contributed by atoms with Gasteiger partial charge in [0.05, 0.1) is 17.3 Å². The molecule has 1 amide bonds. The Hall–Kier alpha value is -3.15. The van der Waals surface area contributed by atoms with Crippen LogP contribution >= 0.6 is 39.0 Å². The number of aromatic nitrogens is 2. The van der Waals surface area contributed by atoms with Crippen molar-refractivity contribution in [2.75, 3.05) is 25.5 Å². The van der Waals surface area contributed by atoms with Gasteiger partial charge in [-0.3, -0.25) is 4.79 Å². The number of nitrogens with one attached hydrogen (secondary N) is 1. The average molecular weight is 630 g/mol. The van der Waals surface area contributed by atoms with Gasteiger partial charge in [-0.15, -0.1) is 11.3 Å². The lowest BCUT2D eigenvalue weighted by molar-refractivity contribution is -0.129. The topological polar surface area (TPSA) is 76.6 Å². The molecule has 3 heterocycles. The molecule has 1 fully saturated rings. The van der Waals surface area contributed by atoms with Gasteiger partial charge in [0, 0.05) is 53.4 Å². The minimum atomic E-state index is -0.363. The van der Waals surface area contributed by atoms with Crippen LogP contribution in [0.1, 0.15) is 31.4 Å². The zero-order valence-corrected chi connectivity index (χ0v) is 24.5. The van der Waals surface area contributed by atoms with Crippen LogP contribution in [0.5, 0.6) is 17.2 Å². The number of amides is 1. The van der Waals surface area contributed by atoms with E-state index < -0.39 is 0 Å². The van der Waals surface area contributed by atoms with Crippen LogP contribution in [0, 0.1) is 5.82 Å². The molecule has 2 aromatic heterocycles. The molecular weight excluding hydrogens is 603 g/mol. The monoisotopic (exact) mass is 628 g/mol. The number of carbonyl (C=O) groups is 1. The highest BCUT2D eigenvalue weighted by Gasteiger charge is 2.24. The molecule has 1 aliphatic rings. The highest BCUT2D eigenvalue weighted by atomic mass is 79.9. The zero-order chi connectivity index (χ0) is 27.4.